The standard InChI is InChI=1S/2C9H7.C4H11Si.2ClH.Zr/c2*1-2-5-9-7-3-6-8(9)4-1;1-3-5-4-2;;;/h2*1-7H;5H,3-4H2,1-2H3;2*1H;/q;;;;;+2/p-2. The second kappa shape index (κ2) is 9.69. The molecule has 2 aromatic carbocycles. The molecule has 4 rings (SSSR count). The van der Waals surface area contributed by atoms with Crippen molar-refractivity contribution in [3.63, 3.8) is 0 Å². The van der Waals surface area contributed by atoms with E-state index in [9.17, 15) is 0 Å². The summed E-state index contributed by atoms with van der Waals surface area (Å²) in [6.07, 6.45) is 9.98. The first-order valence-electron chi connectivity index (χ1n) is 9.24. The molecule has 0 bridgehead atoms. The van der Waals surface area contributed by atoms with Gasteiger partial charge in [0.1, 0.15) is 0 Å². The van der Waals surface area contributed by atoms with E-state index in [0.29, 0.717) is 0 Å². The number of benzene rings is 2. The maximum Gasteiger partial charge on any atom is -1.00 e. The summed E-state index contributed by atoms with van der Waals surface area (Å²) in [5, 5.41) is 0. The van der Waals surface area contributed by atoms with Crippen LogP contribution in [0.3, 0.4) is 0 Å². The maximum atomic E-state index is 2.58. The topological polar surface area (TPSA) is 0 Å². The number of halogens is 2. The molecule has 0 radical (unpaired) electrons. The second-order valence-corrected chi connectivity index (χ2v) is 25.5. The maximum absolute atomic E-state index is 2.58. The van der Waals surface area contributed by atoms with E-state index in [2.05, 4.69) is 86.7 Å². The first-order valence-corrected chi connectivity index (χ1v) is 18.5. The van der Waals surface area contributed by atoms with E-state index in [4.69, 9.17) is 0 Å². The van der Waals surface area contributed by atoms with Crippen molar-refractivity contribution in [3.8, 4) is 0 Å². The van der Waals surface area contributed by atoms with Crippen LogP contribution in [0.2, 0.25) is 12.1 Å². The van der Waals surface area contributed by atoms with Crippen LogP contribution in [-0.4, -0.2) is 5.92 Å². The van der Waals surface area contributed by atoms with Gasteiger partial charge in [0.2, 0.25) is 0 Å². The van der Waals surface area contributed by atoms with Gasteiger partial charge < -0.3 is 24.8 Å². The Labute approximate surface area is 178 Å². The van der Waals surface area contributed by atoms with Crippen LogP contribution in [0.15, 0.2) is 60.7 Å². The van der Waals surface area contributed by atoms with Gasteiger partial charge in [0.05, 0.1) is 0 Å². The number of rotatable bonds is 5. The zero-order valence-corrected chi connectivity index (χ0v) is 20.5. The van der Waals surface area contributed by atoms with Crippen molar-refractivity contribution in [3.05, 3.63) is 82.9 Å². The third kappa shape index (κ3) is 3.90. The number of hydrogen-bond acceptors (Lipinski definition) is 0. The molecule has 0 amide bonds. The van der Waals surface area contributed by atoms with E-state index >= 15 is 0 Å². The predicted octanol–water partition coefficient (Wildman–Crippen LogP) is -0.0876. The van der Waals surface area contributed by atoms with Gasteiger partial charge in [-0.3, -0.25) is 0 Å². The van der Waals surface area contributed by atoms with E-state index in [0.717, 1.165) is 7.25 Å². The van der Waals surface area contributed by atoms with Crippen LogP contribution in [0.5, 0.6) is 0 Å². The summed E-state index contributed by atoms with van der Waals surface area (Å²) in [6.45, 7) is 4.94. The summed E-state index contributed by atoms with van der Waals surface area (Å²) in [5.41, 5.74) is 6.25. The van der Waals surface area contributed by atoms with Gasteiger partial charge in [0.15, 0.2) is 0 Å². The van der Waals surface area contributed by atoms with Gasteiger partial charge in [-0.05, 0) is 0 Å². The monoisotopic (exact) mass is 477 g/mol. The van der Waals surface area contributed by atoms with E-state index in [-0.39, 0.29) is 24.8 Å². The van der Waals surface area contributed by atoms with E-state index in [1.54, 1.807) is 11.1 Å². The average Bonchev–Trinajstić information content (AvgIpc) is 3.24. The Balaban J connectivity index is 0.00000121. The van der Waals surface area contributed by atoms with Gasteiger partial charge in [-0.1, -0.05) is 0 Å². The Morgan fingerprint density at radius 1 is 0.731 bits per heavy atom. The molecule has 2 aliphatic rings. The summed E-state index contributed by atoms with van der Waals surface area (Å²) < 4.78 is 1.59. The molecule has 0 nitrogen and oxygen atoms in total. The molecule has 4 heteroatoms. The summed E-state index contributed by atoms with van der Waals surface area (Å²) in [7, 11) is 0. The molecule has 0 aromatic heterocycles. The Morgan fingerprint density at radius 2 is 1.15 bits per heavy atom. The van der Waals surface area contributed by atoms with Crippen molar-refractivity contribution in [2.75, 3.05) is 0 Å². The average molecular weight is 480 g/mol. The molecule has 26 heavy (non-hydrogen) atoms. The first-order chi connectivity index (χ1) is 11.8. The summed E-state index contributed by atoms with van der Waals surface area (Å²) in [4.78, 5) is 0. The Kier molecular flexibility index (Phi) is 8.16. The van der Waals surface area contributed by atoms with Crippen molar-refractivity contribution < 1.29 is 45.7 Å². The molecule has 0 N–H and O–H groups in total. The Morgan fingerprint density at radius 3 is 1.58 bits per heavy atom. The van der Waals surface area contributed by atoms with Gasteiger partial charge >= 0.3 is 155 Å². The largest absolute Gasteiger partial charge is 1.00 e. The molecule has 2 unspecified atom stereocenters. The predicted molar refractivity (Wildman–Crippen MR) is 105 cm³/mol. The van der Waals surface area contributed by atoms with E-state index in [1.165, 1.54) is 23.2 Å². The molecular formula is C22H25Cl2SiZr. The molecule has 2 aromatic rings. The van der Waals surface area contributed by atoms with Crippen molar-refractivity contribution in [2.45, 2.75) is 33.2 Å². The fraction of sp³-hybridized carbons (Fsp3) is 0.273. The zero-order chi connectivity index (χ0) is 16.5. The van der Waals surface area contributed by atoms with Crippen LogP contribution in [0, 0.1) is 0 Å². The number of hydrogen-bond donors (Lipinski definition) is 0. The van der Waals surface area contributed by atoms with Crippen molar-refractivity contribution in [1.29, 1.82) is 0 Å². The first kappa shape index (κ1) is 21.9. The second-order valence-electron chi connectivity index (χ2n) is 6.94. The van der Waals surface area contributed by atoms with Crippen LogP contribution in [-0.2, 0) is 20.9 Å². The summed E-state index contributed by atoms with van der Waals surface area (Å²) in [6, 6.07) is 21.2. The minimum Gasteiger partial charge on any atom is -1.00 e. The van der Waals surface area contributed by atoms with Gasteiger partial charge in [-0.25, -0.2) is 0 Å². The normalized spacial score (nSPS) is 18.9. The summed E-state index contributed by atoms with van der Waals surface area (Å²) >= 11 is -1.69. The molecule has 0 aliphatic heterocycles. The van der Waals surface area contributed by atoms with Crippen LogP contribution in [0.4, 0.5) is 0 Å². The number of allylic oxidation sites excluding steroid dienone is 2. The quantitative estimate of drug-likeness (QED) is 0.526. The van der Waals surface area contributed by atoms with Crippen molar-refractivity contribution in [2.24, 2.45) is 0 Å². The van der Waals surface area contributed by atoms with Crippen LogP contribution >= 0.6 is 0 Å². The van der Waals surface area contributed by atoms with Gasteiger partial charge in [0, 0.05) is 0 Å². The van der Waals surface area contributed by atoms with Gasteiger partial charge in [0.25, 0.3) is 0 Å². The summed E-state index contributed by atoms with van der Waals surface area (Å²) in [5.74, 6) is -0.637. The minimum atomic E-state index is -1.69. The van der Waals surface area contributed by atoms with Crippen LogP contribution in [0.25, 0.3) is 12.2 Å². The van der Waals surface area contributed by atoms with Gasteiger partial charge in [-0.2, -0.15) is 0 Å². The van der Waals surface area contributed by atoms with E-state index < -0.39 is 26.8 Å². The van der Waals surface area contributed by atoms with Crippen LogP contribution < -0.4 is 24.8 Å². The Hall–Kier alpha value is -0.400. The Bertz CT molecular complexity index is 737. The van der Waals surface area contributed by atoms with Crippen molar-refractivity contribution >= 4 is 18.1 Å². The van der Waals surface area contributed by atoms with Crippen LogP contribution in [0.1, 0.15) is 43.4 Å². The van der Waals surface area contributed by atoms with E-state index in [1.807, 2.05) is 0 Å². The van der Waals surface area contributed by atoms with Crippen molar-refractivity contribution in [1.82, 2.24) is 0 Å². The molecule has 2 aliphatic carbocycles. The molecule has 0 heterocycles. The molecule has 2 atom stereocenters. The minimum absolute atomic E-state index is 0. The third-order valence-electron chi connectivity index (χ3n) is 5.77. The molecule has 0 saturated heterocycles. The van der Waals surface area contributed by atoms with Gasteiger partial charge in [-0.15, -0.1) is 0 Å². The fourth-order valence-electron chi connectivity index (χ4n) is 4.54. The number of fused-ring (bicyclic) bond motifs is 2. The fourth-order valence-corrected chi connectivity index (χ4v) is 30.5. The molecule has 0 saturated carbocycles. The molecule has 135 valence electrons. The molecule has 0 spiro atoms. The third-order valence-corrected chi connectivity index (χ3v) is 31.9. The molecule has 0 fully saturated rings. The zero-order valence-electron chi connectivity index (χ0n) is 15.3. The molecular weight excluding hydrogens is 454 g/mol. The SMILES string of the molecule is CC[SiH](CC)[Zr+2]([CH]1C=Cc2ccccc21)[CH]1C=Cc2ccccc21.[Cl-].[Cl-]. The smallest absolute Gasteiger partial charge is 1.00 e.